The van der Waals surface area contributed by atoms with Crippen molar-refractivity contribution in [2.45, 2.75) is 52.6 Å². The number of rotatable bonds is 8. The Balaban J connectivity index is 1.58. The SMILES string of the molecule is CCc1nc2c(n1C=C(C)C(C)C=NC(=NC)N1CCS(=O)(=O)CC1)C(Cc1ccccc1OC(F)F)CC2=O. The molecule has 1 aliphatic heterocycles. The number of guanidine groups is 1. The van der Waals surface area contributed by atoms with Gasteiger partial charge < -0.3 is 14.2 Å². The highest BCUT2D eigenvalue weighted by molar-refractivity contribution is 7.91. The third-order valence-corrected chi connectivity index (χ3v) is 8.98. The van der Waals surface area contributed by atoms with Crippen LogP contribution in [-0.2, 0) is 22.7 Å². The number of para-hydroxylation sites is 1. The molecule has 1 aromatic carbocycles. The predicted octanol–water partition coefficient (Wildman–Crippen LogP) is 4.24. The van der Waals surface area contributed by atoms with Crippen molar-refractivity contribution in [3.63, 3.8) is 0 Å². The molecule has 0 amide bonds. The number of carbonyl (C=O) groups is 1. The Labute approximate surface area is 233 Å². The number of halogens is 2. The van der Waals surface area contributed by atoms with E-state index in [4.69, 9.17) is 4.74 Å². The summed E-state index contributed by atoms with van der Waals surface area (Å²) < 4.78 is 56.2. The average Bonchev–Trinajstić information content (AvgIpc) is 3.42. The first kappa shape index (κ1) is 29.6. The Morgan fingerprint density at radius 3 is 2.60 bits per heavy atom. The number of aromatic nitrogens is 2. The van der Waals surface area contributed by atoms with Crippen molar-refractivity contribution in [2.24, 2.45) is 15.9 Å². The third kappa shape index (κ3) is 6.65. The van der Waals surface area contributed by atoms with Gasteiger partial charge in [-0.3, -0.25) is 9.79 Å². The van der Waals surface area contributed by atoms with Crippen LogP contribution >= 0.6 is 0 Å². The maximum absolute atomic E-state index is 13.0. The van der Waals surface area contributed by atoms with Crippen LogP contribution in [0, 0.1) is 5.92 Å². The van der Waals surface area contributed by atoms with Gasteiger partial charge in [-0.05, 0) is 30.5 Å². The van der Waals surface area contributed by atoms with Crippen LogP contribution in [0.4, 0.5) is 8.78 Å². The number of ketones is 1. The first-order valence-corrected chi connectivity index (χ1v) is 15.2. The lowest BCUT2D eigenvalue weighted by molar-refractivity contribution is -0.0505. The maximum atomic E-state index is 13.0. The zero-order valence-electron chi connectivity index (χ0n) is 23.2. The van der Waals surface area contributed by atoms with Gasteiger partial charge in [-0.15, -0.1) is 0 Å². The molecule has 12 heteroatoms. The zero-order valence-corrected chi connectivity index (χ0v) is 24.0. The van der Waals surface area contributed by atoms with E-state index < -0.39 is 16.4 Å². The largest absolute Gasteiger partial charge is 0.435 e. The summed E-state index contributed by atoms with van der Waals surface area (Å²) in [5, 5.41) is 0. The van der Waals surface area contributed by atoms with Gasteiger partial charge in [-0.1, -0.05) is 32.0 Å². The number of ether oxygens (including phenoxy) is 1. The second-order valence-corrected chi connectivity index (χ2v) is 12.4. The van der Waals surface area contributed by atoms with E-state index in [1.54, 1.807) is 31.5 Å². The molecule has 0 saturated carbocycles. The van der Waals surface area contributed by atoms with Crippen LogP contribution < -0.4 is 4.74 Å². The number of sulfone groups is 1. The molecule has 1 aromatic heterocycles. The average molecular weight is 576 g/mol. The fourth-order valence-corrected chi connectivity index (χ4v) is 6.23. The Bertz CT molecular complexity index is 1430. The minimum Gasteiger partial charge on any atom is -0.435 e. The molecule has 40 heavy (non-hydrogen) atoms. The topological polar surface area (TPSA) is 106 Å². The van der Waals surface area contributed by atoms with Crippen LogP contribution in [0.1, 0.15) is 60.7 Å². The molecule has 0 radical (unpaired) electrons. The summed E-state index contributed by atoms with van der Waals surface area (Å²) in [6.45, 7) is 3.71. The van der Waals surface area contributed by atoms with Gasteiger partial charge in [0.1, 0.15) is 17.3 Å². The molecule has 216 valence electrons. The molecule has 9 nitrogen and oxygen atoms in total. The van der Waals surface area contributed by atoms with E-state index in [0.29, 0.717) is 43.1 Å². The Kier molecular flexibility index (Phi) is 9.17. The van der Waals surface area contributed by atoms with Gasteiger partial charge in [0.05, 0.1) is 17.2 Å². The summed E-state index contributed by atoms with van der Waals surface area (Å²) in [7, 11) is -1.38. The maximum Gasteiger partial charge on any atom is 0.387 e. The summed E-state index contributed by atoms with van der Waals surface area (Å²) in [6.07, 6.45) is 4.96. The number of nitrogens with zero attached hydrogens (tertiary/aromatic N) is 5. The number of benzene rings is 1. The zero-order chi connectivity index (χ0) is 29.0. The van der Waals surface area contributed by atoms with Crippen molar-refractivity contribution in [3.8, 4) is 5.75 Å². The first-order chi connectivity index (χ1) is 19.0. The minimum absolute atomic E-state index is 0.0614. The van der Waals surface area contributed by atoms with E-state index in [2.05, 4.69) is 15.0 Å². The molecule has 1 fully saturated rings. The van der Waals surface area contributed by atoms with E-state index in [0.717, 1.165) is 17.1 Å². The lowest BCUT2D eigenvalue weighted by atomic mass is 9.96. The summed E-state index contributed by atoms with van der Waals surface area (Å²) in [6, 6.07) is 6.66. The van der Waals surface area contributed by atoms with Gasteiger partial charge in [0, 0.05) is 57.2 Å². The standard InChI is InChI=1S/C28H35F2N5O4S/c1-5-24-33-25-22(36)15-21(14-20-8-6-7-9-23(20)39-27(29)30)26(25)35(24)17-19(3)18(2)16-32-28(31-4)34-10-12-40(37,38)13-11-34/h6-9,16-18,21,27H,5,10-15H2,1-4H3. The quantitative estimate of drug-likeness (QED) is 0.344. The van der Waals surface area contributed by atoms with Gasteiger partial charge in [0.15, 0.2) is 15.6 Å². The molecule has 2 atom stereocenters. The summed E-state index contributed by atoms with van der Waals surface area (Å²) in [5.74, 6) is 1.12. The molecular formula is C28H35F2N5O4S. The number of allylic oxidation sites excluding steroid dienone is 1. The van der Waals surface area contributed by atoms with Gasteiger partial charge in [-0.2, -0.15) is 8.78 Å². The molecule has 0 bridgehead atoms. The number of hydrogen-bond donors (Lipinski definition) is 0. The molecular weight excluding hydrogens is 540 g/mol. The highest BCUT2D eigenvalue weighted by Gasteiger charge is 2.36. The Hall–Kier alpha value is -3.41. The molecule has 4 rings (SSSR count). The van der Waals surface area contributed by atoms with Crippen LogP contribution in [0.25, 0.3) is 6.20 Å². The Morgan fingerprint density at radius 2 is 1.95 bits per heavy atom. The lowest BCUT2D eigenvalue weighted by Crippen LogP contribution is -2.43. The monoisotopic (exact) mass is 575 g/mol. The molecule has 2 aliphatic rings. The molecule has 2 unspecified atom stereocenters. The number of aryl methyl sites for hydroxylation is 1. The minimum atomic E-state index is -3.01. The second-order valence-electron chi connectivity index (χ2n) is 10.1. The second kappa shape index (κ2) is 12.4. The Morgan fingerprint density at radius 1 is 1.25 bits per heavy atom. The van der Waals surface area contributed by atoms with Crippen LogP contribution in [0.15, 0.2) is 39.8 Å². The van der Waals surface area contributed by atoms with Crippen molar-refractivity contribution in [3.05, 3.63) is 52.6 Å². The fraction of sp³-hybridized carbons (Fsp3) is 0.500. The van der Waals surface area contributed by atoms with Crippen molar-refractivity contribution < 1.29 is 26.7 Å². The van der Waals surface area contributed by atoms with E-state index >= 15 is 0 Å². The van der Waals surface area contributed by atoms with Crippen molar-refractivity contribution >= 4 is 34.0 Å². The van der Waals surface area contributed by atoms with Crippen LogP contribution in [0.5, 0.6) is 5.75 Å². The van der Waals surface area contributed by atoms with E-state index in [-0.39, 0.29) is 41.3 Å². The third-order valence-electron chi connectivity index (χ3n) is 7.37. The van der Waals surface area contributed by atoms with E-state index in [1.165, 1.54) is 6.07 Å². The molecule has 2 aromatic rings. The summed E-state index contributed by atoms with van der Waals surface area (Å²) >= 11 is 0. The van der Waals surface area contributed by atoms with Crippen LogP contribution in [0.3, 0.4) is 0 Å². The number of alkyl halides is 2. The lowest BCUT2D eigenvalue weighted by Gasteiger charge is -2.27. The highest BCUT2D eigenvalue weighted by Crippen LogP contribution is 2.38. The molecule has 0 spiro atoms. The van der Waals surface area contributed by atoms with E-state index in [1.807, 2.05) is 36.4 Å². The molecule has 0 N–H and O–H groups in total. The normalized spacial score (nSPS) is 20.4. The number of fused-ring (bicyclic) bond motifs is 1. The summed E-state index contributed by atoms with van der Waals surface area (Å²) in [4.78, 5) is 28.2. The van der Waals surface area contributed by atoms with Gasteiger partial charge in [0.25, 0.3) is 0 Å². The van der Waals surface area contributed by atoms with Crippen molar-refractivity contribution in [2.75, 3.05) is 31.6 Å². The highest BCUT2D eigenvalue weighted by atomic mass is 32.2. The smallest absolute Gasteiger partial charge is 0.387 e. The number of hydrogen-bond acceptors (Lipinski definition) is 6. The van der Waals surface area contributed by atoms with Gasteiger partial charge in [0.2, 0.25) is 5.96 Å². The summed E-state index contributed by atoms with van der Waals surface area (Å²) in [5.41, 5.74) is 2.79. The number of carbonyl (C=O) groups excluding carboxylic acids is 1. The van der Waals surface area contributed by atoms with Crippen LogP contribution in [-0.4, -0.2) is 79.1 Å². The molecule has 1 aliphatic carbocycles. The number of aliphatic imine (C=N–C) groups is 2. The van der Waals surface area contributed by atoms with Crippen molar-refractivity contribution in [1.82, 2.24) is 14.5 Å². The fourth-order valence-electron chi connectivity index (χ4n) is 5.03. The molecule has 1 saturated heterocycles. The predicted molar refractivity (Wildman–Crippen MR) is 151 cm³/mol. The number of imidazole rings is 1. The van der Waals surface area contributed by atoms with Crippen molar-refractivity contribution in [1.29, 1.82) is 0 Å². The van der Waals surface area contributed by atoms with Crippen LogP contribution in [0.2, 0.25) is 0 Å². The molecule has 2 heterocycles. The number of Topliss-reactive ketones (excluding diaryl/α,β-unsaturated/α-hetero) is 1. The van der Waals surface area contributed by atoms with E-state index in [9.17, 15) is 22.0 Å². The van der Waals surface area contributed by atoms with Gasteiger partial charge >= 0.3 is 6.61 Å². The van der Waals surface area contributed by atoms with Gasteiger partial charge in [-0.25, -0.2) is 18.4 Å². The first-order valence-electron chi connectivity index (χ1n) is 13.3.